The molecule has 0 radical (unpaired) electrons. The summed E-state index contributed by atoms with van der Waals surface area (Å²) in [5.74, 6) is 0. The zero-order chi connectivity index (χ0) is 14.2. The Bertz CT molecular complexity index is 464. The summed E-state index contributed by atoms with van der Waals surface area (Å²) in [7, 11) is 2.08. The van der Waals surface area contributed by atoms with Crippen LogP contribution in [0.15, 0.2) is 0 Å². The van der Waals surface area contributed by atoms with Gasteiger partial charge in [-0.15, -0.1) is 0 Å². The molecule has 2 heterocycles. The van der Waals surface area contributed by atoms with Crippen molar-refractivity contribution in [2.45, 2.75) is 58.4 Å². The SMILES string of the molecule is CCC1(CC)CCN(c2nc3c(s2)C(NC)CCC3)C1. The Morgan fingerprint density at radius 2 is 2.20 bits per heavy atom. The van der Waals surface area contributed by atoms with Gasteiger partial charge in [0.25, 0.3) is 0 Å². The van der Waals surface area contributed by atoms with Crippen LogP contribution >= 0.6 is 11.3 Å². The highest BCUT2D eigenvalue weighted by Gasteiger charge is 2.36. The molecule has 2 aliphatic rings. The van der Waals surface area contributed by atoms with E-state index in [1.807, 2.05) is 11.3 Å². The summed E-state index contributed by atoms with van der Waals surface area (Å²) in [5.41, 5.74) is 1.90. The van der Waals surface area contributed by atoms with Crippen molar-refractivity contribution in [3.8, 4) is 0 Å². The number of thiazole rings is 1. The van der Waals surface area contributed by atoms with Crippen LogP contribution in [-0.2, 0) is 6.42 Å². The Morgan fingerprint density at radius 3 is 2.85 bits per heavy atom. The summed E-state index contributed by atoms with van der Waals surface area (Å²) >= 11 is 1.94. The fourth-order valence-corrected chi connectivity index (χ4v) is 5.02. The van der Waals surface area contributed by atoms with E-state index < -0.39 is 0 Å². The number of anilines is 1. The molecule has 0 amide bonds. The molecule has 1 unspecified atom stereocenters. The van der Waals surface area contributed by atoms with E-state index >= 15 is 0 Å². The van der Waals surface area contributed by atoms with Crippen LogP contribution in [-0.4, -0.2) is 25.1 Å². The molecule has 112 valence electrons. The summed E-state index contributed by atoms with van der Waals surface area (Å²) in [6.45, 7) is 7.09. The molecule has 4 heteroatoms. The van der Waals surface area contributed by atoms with Crippen molar-refractivity contribution in [1.29, 1.82) is 0 Å². The minimum absolute atomic E-state index is 0.536. The molecule has 3 nitrogen and oxygen atoms in total. The van der Waals surface area contributed by atoms with Gasteiger partial charge in [0.15, 0.2) is 5.13 Å². The van der Waals surface area contributed by atoms with E-state index in [9.17, 15) is 0 Å². The molecule has 1 aliphatic carbocycles. The van der Waals surface area contributed by atoms with Crippen LogP contribution in [0.4, 0.5) is 5.13 Å². The van der Waals surface area contributed by atoms with Crippen molar-refractivity contribution >= 4 is 16.5 Å². The summed E-state index contributed by atoms with van der Waals surface area (Å²) in [4.78, 5) is 9.01. The van der Waals surface area contributed by atoms with Gasteiger partial charge in [0.05, 0.1) is 5.69 Å². The van der Waals surface area contributed by atoms with E-state index in [0.717, 1.165) is 0 Å². The van der Waals surface area contributed by atoms with Gasteiger partial charge in [-0.2, -0.15) is 0 Å². The first-order valence-electron chi connectivity index (χ1n) is 8.13. The van der Waals surface area contributed by atoms with Gasteiger partial charge >= 0.3 is 0 Å². The van der Waals surface area contributed by atoms with E-state index in [0.29, 0.717) is 11.5 Å². The van der Waals surface area contributed by atoms with Gasteiger partial charge in [0, 0.05) is 24.0 Å². The van der Waals surface area contributed by atoms with E-state index in [-0.39, 0.29) is 0 Å². The van der Waals surface area contributed by atoms with Crippen molar-refractivity contribution in [3.63, 3.8) is 0 Å². The molecule has 0 aromatic carbocycles. The zero-order valence-corrected chi connectivity index (χ0v) is 13.9. The molecule has 1 aliphatic heterocycles. The molecule has 20 heavy (non-hydrogen) atoms. The number of nitrogens with one attached hydrogen (secondary N) is 1. The maximum Gasteiger partial charge on any atom is 0.185 e. The molecule has 0 spiro atoms. The number of hydrogen-bond donors (Lipinski definition) is 1. The first-order chi connectivity index (χ1) is 9.71. The third-order valence-corrected chi connectivity index (χ3v) is 6.77. The molecular weight excluding hydrogens is 266 g/mol. The molecule has 1 saturated heterocycles. The lowest BCUT2D eigenvalue weighted by molar-refractivity contribution is 0.301. The normalized spacial score (nSPS) is 24.9. The van der Waals surface area contributed by atoms with Crippen LogP contribution < -0.4 is 10.2 Å². The maximum absolute atomic E-state index is 4.97. The van der Waals surface area contributed by atoms with E-state index in [4.69, 9.17) is 4.98 Å². The molecule has 1 fully saturated rings. The second-order valence-corrected chi connectivity index (χ2v) is 7.43. The third kappa shape index (κ3) is 2.37. The van der Waals surface area contributed by atoms with Gasteiger partial charge in [-0.25, -0.2) is 4.98 Å². The second-order valence-electron chi connectivity index (χ2n) is 6.42. The lowest BCUT2D eigenvalue weighted by Crippen LogP contribution is -2.26. The van der Waals surface area contributed by atoms with Crippen LogP contribution in [0.25, 0.3) is 0 Å². The predicted octanol–water partition coefficient (Wildman–Crippen LogP) is 3.76. The number of fused-ring (bicyclic) bond motifs is 1. The largest absolute Gasteiger partial charge is 0.348 e. The number of nitrogens with zero attached hydrogens (tertiary/aromatic N) is 2. The average molecular weight is 293 g/mol. The highest BCUT2D eigenvalue weighted by molar-refractivity contribution is 7.15. The zero-order valence-electron chi connectivity index (χ0n) is 13.0. The van der Waals surface area contributed by atoms with Gasteiger partial charge in [-0.3, -0.25) is 0 Å². The fourth-order valence-electron chi connectivity index (χ4n) is 3.74. The Balaban J connectivity index is 1.81. The third-order valence-electron chi connectivity index (χ3n) is 5.50. The first-order valence-corrected chi connectivity index (χ1v) is 8.95. The van der Waals surface area contributed by atoms with E-state index in [2.05, 4.69) is 31.1 Å². The molecule has 1 N–H and O–H groups in total. The molecule has 0 bridgehead atoms. The van der Waals surface area contributed by atoms with Crippen molar-refractivity contribution in [1.82, 2.24) is 10.3 Å². The van der Waals surface area contributed by atoms with Crippen LogP contribution in [0.1, 0.15) is 62.6 Å². The predicted molar refractivity (Wildman–Crippen MR) is 86.7 cm³/mol. The molecule has 1 aromatic rings. The Kier molecular flexibility index (Phi) is 4.04. The lowest BCUT2D eigenvalue weighted by Gasteiger charge is -2.26. The molecule has 3 rings (SSSR count). The smallest absolute Gasteiger partial charge is 0.185 e. The minimum atomic E-state index is 0.536. The van der Waals surface area contributed by atoms with Crippen molar-refractivity contribution < 1.29 is 0 Å². The summed E-state index contributed by atoms with van der Waals surface area (Å²) in [5, 5.41) is 4.73. The minimum Gasteiger partial charge on any atom is -0.348 e. The van der Waals surface area contributed by atoms with Gasteiger partial charge < -0.3 is 10.2 Å². The van der Waals surface area contributed by atoms with Crippen LogP contribution in [0.3, 0.4) is 0 Å². The molecule has 0 saturated carbocycles. The van der Waals surface area contributed by atoms with E-state index in [1.165, 1.54) is 67.3 Å². The topological polar surface area (TPSA) is 28.2 Å². The summed E-state index contributed by atoms with van der Waals surface area (Å²) in [6, 6.07) is 0.537. The molecular formula is C16H27N3S. The number of rotatable bonds is 4. The van der Waals surface area contributed by atoms with Crippen LogP contribution in [0.5, 0.6) is 0 Å². The standard InChI is InChI=1S/C16H27N3S/c1-4-16(5-2)9-10-19(11-16)15-18-13-8-6-7-12(17-3)14(13)20-15/h12,17H,4-11H2,1-3H3. The highest BCUT2D eigenvalue weighted by Crippen LogP contribution is 2.43. The molecule has 1 atom stereocenters. The van der Waals surface area contributed by atoms with Gasteiger partial charge in [0.1, 0.15) is 0 Å². The average Bonchev–Trinajstić information content (AvgIpc) is 3.11. The Hall–Kier alpha value is -0.610. The van der Waals surface area contributed by atoms with E-state index in [1.54, 1.807) is 0 Å². The van der Waals surface area contributed by atoms with Crippen molar-refractivity contribution in [2.75, 3.05) is 25.0 Å². The second kappa shape index (κ2) is 5.64. The molecule has 1 aromatic heterocycles. The fraction of sp³-hybridized carbons (Fsp3) is 0.812. The maximum atomic E-state index is 4.97. The number of hydrogen-bond acceptors (Lipinski definition) is 4. The highest BCUT2D eigenvalue weighted by atomic mass is 32.1. The van der Waals surface area contributed by atoms with Crippen LogP contribution in [0, 0.1) is 5.41 Å². The Labute approximate surface area is 126 Å². The quantitative estimate of drug-likeness (QED) is 0.916. The number of aromatic nitrogens is 1. The van der Waals surface area contributed by atoms with Gasteiger partial charge in [-0.05, 0) is 51.0 Å². The van der Waals surface area contributed by atoms with Gasteiger partial charge in [0.2, 0.25) is 0 Å². The summed E-state index contributed by atoms with van der Waals surface area (Å²) in [6.07, 6.45) is 7.63. The van der Waals surface area contributed by atoms with Crippen molar-refractivity contribution in [2.24, 2.45) is 5.41 Å². The van der Waals surface area contributed by atoms with Gasteiger partial charge in [-0.1, -0.05) is 25.2 Å². The lowest BCUT2D eigenvalue weighted by atomic mass is 9.82. The van der Waals surface area contributed by atoms with Crippen molar-refractivity contribution in [3.05, 3.63) is 10.6 Å². The summed E-state index contributed by atoms with van der Waals surface area (Å²) < 4.78 is 0. The first kappa shape index (κ1) is 14.3. The number of aryl methyl sites for hydroxylation is 1. The van der Waals surface area contributed by atoms with Crippen LogP contribution in [0.2, 0.25) is 0 Å². The monoisotopic (exact) mass is 293 g/mol. The Morgan fingerprint density at radius 1 is 1.40 bits per heavy atom.